The third kappa shape index (κ3) is 4.12. The molecule has 0 saturated heterocycles. The van der Waals surface area contributed by atoms with Gasteiger partial charge in [-0.3, -0.25) is 4.79 Å². The van der Waals surface area contributed by atoms with Crippen molar-refractivity contribution in [1.82, 2.24) is 19.9 Å². The minimum absolute atomic E-state index is 0.206. The fourth-order valence-electron chi connectivity index (χ4n) is 2.86. The van der Waals surface area contributed by atoms with Gasteiger partial charge in [0.15, 0.2) is 0 Å². The normalized spacial score (nSPS) is 10.9. The van der Waals surface area contributed by atoms with Crippen molar-refractivity contribution in [3.8, 4) is 17.1 Å². The number of aryl methyl sites for hydroxylation is 2. The maximum Gasteiger partial charge on any atom is 0.259 e. The number of rotatable bonds is 5. The summed E-state index contributed by atoms with van der Waals surface area (Å²) < 4.78 is 7.74. The summed E-state index contributed by atoms with van der Waals surface area (Å²) in [7, 11) is 0. The van der Waals surface area contributed by atoms with Crippen LogP contribution in [-0.2, 0) is 6.42 Å². The van der Waals surface area contributed by atoms with Crippen molar-refractivity contribution in [3.05, 3.63) is 76.3 Å². The lowest BCUT2D eigenvalue weighted by molar-refractivity contribution is 0.102. The van der Waals surface area contributed by atoms with E-state index < -0.39 is 0 Å². The van der Waals surface area contributed by atoms with E-state index in [4.69, 9.17) is 4.52 Å². The first-order valence-corrected chi connectivity index (χ1v) is 9.89. The van der Waals surface area contributed by atoms with Crippen LogP contribution < -0.4 is 5.32 Å². The van der Waals surface area contributed by atoms with Crippen LogP contribution in [0.1, 0.15) is 28.9 Å². The third-order valence-electron chi connectivity index (χ3n) is 4.39. The zero-order chi connectivity index (χ0) is 20.4. The molecule has 0 fully saturated rings. The van der Waals surface area contributed by atoms with Gasteiger partial charge in [-0.1, -0.05) is 34.1 Å². The quantitative estimate of drug-likeness (QED) is 0.470. The van der Waals surface area contributed by atoms with Gasteiger partial charge < -0.3 is 9.84 Å². The van der Waals surface area contributed by atoms with E-state index in [1.807, 2.05) is 62.4 Å². The van der Waals surface area contributed by atoms with Gasteiger partial charge in [0.05, 0.1) is 16.9 Å². The lowest BCUT2D eigenvalue weighted by atomic mass is 10.2. The highest BCUT2D eigenvalue weighted by atomic mass is 79.9. The van der Waals surface area contributed by atoms with E-state index in [2.05, 4.69) is 36.5 Å². The molecule has 0 spiro atoms. The Labute approximate surface area is 175 Å². The number of amides is 1. The smallest absolute Gasteiger partial charge is 0.259 e. The molecule has 1 amide bonds. The Hall–Kier alpha value is -3.26. The molecule has 0 bridgehead atoms. The summed E-state index contributed by atoms with van der Waals surface area (Å²) in [6.07, 6.45) is 2.42. The molecule has 0 aliphatic heterocycles. The van der Waals surface area contributed by atoms with Crippen LogP contribution in [0.3, 0.4) is 0 Å². The van der Waals surface area contributed by atoms with Crippen LogP contribution in [0.5, 0.6) is 0 Å². The highest BCUT2D eigenvalue weighted by Gasteiger charge is 2.15. The average Bonchev–Trinajstić information content (AvgIpc) is 3.35. The summed E-state index contributed by atoms with van der Waals surface area (Å²) in [5, 5.41) is 11.4. The lowest BCUT2D eigenvalue weighted by Crippen LogP contribution is -2.12. The van der Waals surface area contributed by atoms with Crippen LogP contribution in [-0.4, -0.2) is 25.8 Å². The highest BCUT2D eigenvalue weighted by molar-refractivity contribution is 9.10. The Morgan fingerprint density at radius 2 is 2.00 bits per heavy atom. The van der Waals surface area contributed by atoms with Gasteiger partial charge in [-0.15, -0.1) is 0 Å². The second-order valence-corrected chi connectivity index (χ2v) is 7.37. The molecule has 0 aliphatic carbocycles. The summed E-state index contributed by atoms with van der Waals surface area (Å²) in [4.78, 5) is 17.0. The molecule has 0 unspecified atom stereocenters. The first-order chi connectivity index (χ1) is 14.0. The molecule has 0 atom stereocenters. The Balaban J connectivity index is 1.54. The summed E-state index contributed by atoms with van der Waals surface area (Å²) in [5.74, 6) is 0.953. The van der Waals surface area contributed by atoms with Crippen molar-refractivity contribution in [3.63, 3.8) is 0 Å². The predicted octanol–water partition coefficient (Wildman–Crippen LogP) is 4.81. The molecule has 7 nitrogen and oxygen atoms in total. The predicted molar refractivity (Wildman–Crippen MR) is 113 cm³/mol. The van der Waals surface area contributed by atoms with E-state index in [0.29, 0.717) is 35.1 Å². The average molecular weight is 452 g/mol. The van der Waals surface area contributed by atoms with Crippen LogP contribution in [0, 0.1) is 6.92 Å². The van der Waals surface area contributed by atoms with Crippen molar-refractivity contribution < 1.29 is 9.32 Å². The van der Waals surface area contributed by atoms with Crippen LogP contribution in [0.25, 0.3) is 17.1 Å². The standard InChI is InChI=1S/C21H18BrN5O2/c1-3-19-24-20(26-29-19)14-7-9-17(10-8-14)27-12-18(13(2)25-27)21(28)23-16-6-4-5-15(22)11-16/h4-12H,3H2,1-2H3,(H,23,28). The molecule has 2 aromatic heterocycles. The van der Waals surface area contributed by atoms with Crippen LogP contribution >= 0.6 is 15.9 Å². The van der Waals surface area contributed by atoms with Crippen LogP contribution in [0.2, 0.25) is 0 Å². The zero-order valence-electron chi connectivity index (χ0n) is 15.9. The minimum Gasteiger partial charge on any atom is -0.339 e. The summed E-state index contributed by atoms with van der Waals surface area (Å²) in [5.41, 5.74) is 3.56. The Kier molecular flexibility index (Phi) is 5.26. The second kappa shape index (κ2) is 8.00. The van der Waals surface area contributed by atoms with Gasteiger partial charge in [-0.05, 0) is 49.4 Å². The molecule has 1 N–H and O–H groups in total. The molecule has 146 valence electrons. The summed E-state index contributed by atoms with van der Waals surface area (Å²) >= 11 is 3.40. The number of hydrogen-bond acceptors (Lipinski definition) is 5. The molecule has 4 rings (SSSR count). The molecule has 4 aromatic rings. The largest absolute Gasteiger partial charge is 0.339 e. The number of aromatic nitrogens is 4. The first-order valence-electron chi connectivity index (χ1n) is 9.10. The van der Waals surface area contributed by atoms with Crippen molar-refractivity contribution in [2.45, 2.75) is 20.3 Å². The van der Waals surface area contributed by atoms with E-state index in [1.165, 1.54) is 0 Å². The number of nitrogens with zero attached hydrogens (tertiary/aromatic N) is 4. The molecule has 0 aliphatic rings. The summed E-state index contributed by atoms with van der Waals surface area (Å²) in [6, 6.07) is 15.1. The molecule has 2 aromatic carbocycles. The number of benzene rings is 2. The molecule has 0 saturated carbocycles. The Morgan fingerprint density at radius 1 is 1.21 bits per heavy atom. The van der Waals surface area contributed by atoms with Gasteiger partial charge in [0, 0.05) is 28.3 Å². The Morgan fingerprint density at radius 3 is 2.69 bits per heavy atom. The zero-order valence-corrected chi connectivity index (χ0v) is 17.5. The van der Waals surface area contributed by atoms with Crippen LogP contribution in [0.15, 0.2) is 63.7 Å². The van der Waals surface area contributed by atoms with Crippen LogP contribution in [0.4, 0.5) is 5.69 Å². The van der Waals surface area contributed by atoms with Crippen molar-refractivity contribution in [1.29, 1.82) is 0 Å². The van der Waals surface area contributed by atoms with E-state index in [-0.39, 0.29) is 5.91 Å². The number of anilines is 1. The second-order valence-electron chi connectivity index (χ2n) is 6.45. The van der Waals surface area contributed by atoms with Gasteiger partial charge in [0.2, 0.25) is 11.7 Å². The molecular formula is C21H18BrN5O2. The lowest BCUT2D eigenvalue weighted by Gasteiger charge is -2.04. The number of hydrogen-bond donors (Lipinski definition) is 1. The van der Waals surface area contributed by atoms with Crippen molar-refractivity contribution in [2.75, 3.05) is 5.32 Å². The Bertz CT molecular complexity index is 1160. The van der Waals surface area contributed by atoms with Crippen molar-refractivity contribution in [2.24, 2.45) is 0 Å². The van der Waals surface area contributed by atoms with Gasteiger partial charge in [-0.2, -0.15) is 10.1 Å². The molecule has 8 heteroatoms. The monoisotopic (exact) mass is 451 g/mol. The van der Waals surface area contributed by atoms with Gasteiger partial charge in [0.25, 0.3) is 5.91 Å². The minimum atomic E-state index is -0.206. The van der Waals surface area contributed by atoms with E-state index in [9.17, 15) is 4.79 Å². The first kappa shape index (κ1) is 19.1. The summed E-state index contributed by atoms with van der Waals surface area (Å²) in [6.45, 7) is 3.77. The van der Waals surface area contributed by atoms with Gasteiger partial charge in [-0.25, -0.2) is 4.68 Å². The number of halogens is 1. The SMILES string of the molecule is CCc1nc(-c2ccc(-n3cc(C(=O)Nc4cccc(Br)c4)c(C)n3)cc2)no1. The fourth-order valence-corrected chi connectivity index (χ4v) is 3.26. The van der Waals surface area contributed by atoms with Crippen molar-refractivity contribution >= 4 is 27.5 Å². The molecule has 0 radical (unpaired) electrons. The topological polar surface area (TPSA) is 85.8 Å². The molecule has 29 heavy (non-hydrogen) atoms. The van der Waals surface area contributed by atoms with E-state index in [1.54, 1.807) is 10.9 Å². The molecular weight excluding hydrogens is 434 g/mol. The van der Waals surface area contributed by atoms with Gasteiger partial charge in [0.1, 0.15) is 0 Å². The van der Waals surface area contributed by atoms with E-state index >= 15 is 0 Å². The number of carbonyl (C=O) groups excluding carboxylic acids is 1. The fraction of sp³-hybridized carbons (Fsp3) is 0.143. The molecule has 2 heterocycles. The highest BCUT2D eigenvalue weighted by Crippen LogP contribution is 2.21. The number of nitrogens with one attached hydrogen (secondary N) is 1. The van der Waals surface area contributed by atoms with Gasteiger partial charge >= 0.3 is 0 Å². The maximum atomic E-state index is 12.7. The maximum absolute atomic E-state index is 12.7. The van der Waals surface area contributed by atoms with E-state index in [0.717, 1.165) is 15.7 Å². The number of carbonyl (C=O) groups is 1. The third-order valence-corrected chi connectivity index (χ3v) is 4.88.